The molecule has 0 aromatic carbocycles. The van der Waals surface area contributed by atoms with Gasteiger partial charge in [0.25, 0.3) is 0 Å². The minimum Gasteiger partial charge on any atom is -0.308 e. The molecule has 0 aliphatic heterocycles. The predicted octanol–water partition coefficient (Wildman–Crippen LogP) is 2.95. The third-order valence-corrected chi connectivity index (χ3v) is 5.14. The second-order valence-corrected chi connectivity index (χ2v) is 6.90. The normalized spacial score (nSPS) is 11.2. The van der Waals surface area contributed by atoms with Gasteiger partial charge in [-0.15, -0.1) is 22.7 Å². The Balaban J connectivity index is 2.08. The molecular weight excluding hydrogens is 290 g/mol. The second kappa shape index (κ2) is 5.08. The van der Waals surface area contributed by atoms with Crippen LogP contribution < -0.4 is 11.3 Å². The number of thiophene rings is 1. The van der Waals surface area contributed by atoms with Crippen molar-refractivity contribution >= 4 is 38.7 Å². The molecule has 3 heterocycles. The SMILES string of the molecule is Cc1nc(Cc2nc(NN)c3c(C)c(C)sc3n2)cs1. The lowest BCUT2D eigenvalue weighted by molar-refractivity contribution is 0.960. The van der Waals surface area contributed by atoms with Crippen molar-refractivity contribution in [3.8, 4) is 0 Å². The van der Waals surface area contributed by atoms with E-state index in [1.807, 2.05) is 12.3 Å². The summed E-state index contributed by atoms with van der Waals surface area (Å²) in [6.07, 6.45) is 0.630. The third kappa shape index (κ3) is 2.28. The largest absolute Gasteiger partial charge is 0.308 e. The number of nitrogen functional groups attached to an aromatic ring is 1. The minimum absolute atomic E-state index is 0.630. The molecule has 3 aromatic rings. The van der Waals surface area contributed by atoms with Crippen LogP contribution in [0.5, 0.6) is 0 Å². The van der Waals surface area contributed by atoms with Gasteiger partial charge in [-0.2, -0.15) is 0 Å². The first-order chi connectivity index (χ1) is 9.58. The summed E-state index contributed by atoms with van der Waals surface area (Å²) in [5.74, 6) is 7.05. The summed E-state index contributed by atoms with van der Waals surface area (Å²) in [5.41, 5.74) is 4.88. The average molecular weight is 305 g/mol. The van der Waals surface area contributed by atoms with Crippen molar-refractivity contribution in [1.82, 2.24) is 15.0 Å². The van der Waals surface area contributed by atoms with Gasteiger partial charge in [-0.25, -0.2) is 20.8 Å². The fraction of sp³-hybridized carbons (Fsp3) is 0.308. The highest BCUT2D eigenvalue weighted by Crippen LogP contribution is 2.33. The number of aromatic nitrogens is 3. The summed E-state index contributed by atoms with van der Waals surface area (Å²) in [6, 6.07) is 0. The molecule has 0 spiro atoms. The summed E-state index contributed by atoms with van der Waals surface area (Å²) in [5, 5.41) is 4.12. The van der Waals surface area contributed by atoms with Crippen molar-refractivity contribution in [2.24, 2.45) is 5.84 Å². The molecule has 0 unspecified atom stereocenters. The Labute approximate surface area is 124 Å². The summed E-state index contributed by atoms with van der Waals surface area (Å²) >= 11 is 3.31. The van der Waals surface area contributed by atoms with E-state index < -0.39 is 0 Å². The molecule has 7 heteroatoms. The Morgan fingerprint density at radius 1 is 1.20 bits per heavy atom. The summed E-state index contributed by atoms with van der Waals surface area (Å²) in [7, 11) is 0. The molecule has 5 nitrogen and oxygen atoms in total. The number of aryl methyl sites for hydroxylation is 3. The molecule has 0 atom stereocenters. The number of nitrogens with zero attached hydrogens (tertiary/aromatic N) is 3. The smallest absolute Gasteiger partial charge is 0.152 e. The highest BCUT2D eigenvalue weighted by Gasteiger charge is 2.14. The van der Waals surface area contributed by atoms with Gasteiger partial charge in [-0.1, -0.05) is 0 Å². The summed E-state index contributed by atoms with van der Waals surface area (Å²) in [4.78, 5) is 15.8. The lowest BCUT2D eigenvalue weighted by Gasteiger charge is -2.05. The van der Waals surface area contributed by atoms with Crippen LogP contribution in [0.3, 0.4) is 0 Å². The van der Waals surface area contributed by atoms with Gasteiger partial charge in [-0.3, -0.25) is 0 Å². The molecule has 0 aliphatic carbocycles. The number of hydrogen-bond donors (Lipinski definition) is 2. The van der Waals surface area contributed by atoms with Crippen molar-refractivity contribution in [2.45, 2.75) is 27.2 Å². The van der Waals surface area contributed by atoms with Crippen molar-refractivity contribution in [3.63, 3.8) is 0 Å². The van der Waals surface area contributed by atoms with E-state index in [4.69, 9.17) is 5.84 Å². The Bertz CT molecular complexity index is 775. The van der Waals surface area contributed by atoms with Gasteiger partial charge in [0.05, 0.1) is 22.5 Å². The fourth-order valence-electron chi connectivity index (χ4n) is 2.13. The number of hydrogen-bond acceptors (Lipinski definition) is 7. The first kappa shape index (κ1) is 13.4. The zero-order valence-corrected chi connectivity index (χ0v) is 13.2. The van der Waals surface area contributed by atoms with Gasteiger partial charge >= 0.3 is 0 Å². The highest BCUT2D eigenvalue weighted by molar-refractivity contribution is 7.18. The van der Waals surface area contributed by atoms with Gasteiger partial charge in [0.1, 0.15) is 10.7 Å². The molecule has 20 heavy (non-hydrogen) atoms. The number of nitrogens with two attached hydrogens (primary N) is 1. The third-order valence-electron chi connectivity index (χ3n) is 3.22. The molecule has 3 aromatic heterocycles. The molecule has 0 saturated heterocycles. The van der Waals surface area contributed by atoms with Crippen molar-refractivity contribution in [1.29, 1.82) is 0 Å². The molecule has 0 aliphatic rings. The van der Waals surface area contributed by atoms with Crippen LogP contribution in [0.4, 0.5) is 5.82 Å². The maximum absolute atomic E-state index is 5.61. The molecule has 0 bridgehead atoms. The maximum atomic E-state index is 5.61. The number of hydrazine groups is 1. The van der Waals surface area contributed by atoms with Crippen LogP contribution in [0.15, 0.2) is 5.38 Å². The fourth-order valence-corrected chi connectivity index (χ4v) is 3.79. The Morgan fingerprint density at radius 2 is 2.00 bits per heavy atom. The topological polar surface area (TPSA) is 76.7 Å². The lowest BCUT2D eigenvalue weighted by Crippen LogP contribution is -2.11. The molecule has 3 rings (SSSR count). The monoisotopic (exact) mass is 305 g/mol. The van der Waals surface area contributed by atoms with Crippen LogP contribution >= 0.6 is 22.7 Å². The van der Waals surface area contributed by atoms with E-state index in [9.17, 15) is 0 Å². The van der Waals surface area contributed by atoms with E-state index >= 15 is 0 Å². The zero-order valence-electron chi connectivity index (χ0n) is 11.5. The van der Waals surface area contributed by atoms with Crippen LogP contribution in [0.1, 0.15) is 27.0 Å². The predicted molar refractivity (Wildman–Crippen MR) is 84.4 cm³/mol. The Morgan fingerprint density at radius 3 is 2.65 bits per heavy atom. The van der Waals surface area contributed by atoms with Gasteiger partial charge < -0.3 is 5.43 Å². The van der Waals surface area contributed by atoms with Crippen LogP contribution in [-0.2, 0) is 6.42 Å². The van der Waals surface area contributed by atoms with Crippen molar-refractivity contribution in [2.75, 3.05) is 5.43 Å². The van der Waals surface area contributed by atoms with Crippen LogP contribution in [0, 0.1) is 20.8 Å². The van der Waals surface area contributed by atoms with Crippen molar-refractivity contribution < 1.29 is 0 Å². The van der Waals surface area contributed by atoms with E-state index in [1.54, 1.807) is 22.7 Å². The Hall–Kier alpha value is -1.57. The standard InChI is InChI=1S/C13H15N5S2/c1-6-7(2)20-13-11(6)12(18-14)16-10(17-13)4-9-5-19-8(3)15-9/h5H,4,14H2,1-3H3,(H,16,17,18). The number of anilines is 1. The first-order valence-electron chi connectivity index (χ1n) is 6.22. The molecule has 3 N–H and O–H groups in total. The minimum atomic E-state index is 0.630. The molecule has 0 fully saturated rings. The van der Waals surface area contributed by atoms with Crippen molar-refractivity contribution in [3.05, 3.63) is 32.3 Å². The maximum Gasteiger partial charge on any atom is 0.152 e. The van der Waals surface area contributed by atoms with Crippen LogP contribution in [-0.4, -0.2) is 15.0 Å². The summed E-state index contributed by atoms with van der Waals surface area (Å²) in [6.45, 7) is 6.16. The molecular formula is C13H15N5S2. The average Bonchev–Trinajstić information content (AvgIpc) is 2.94. The van der Waals surface area contributed by atoms with E-state index in [1.165, 1.54) is 10.4 Å². The van der Waals surface area contributed by atoms with E-state index in [-0.39, 0.29) is 0 Å². The van der Waals surface area contributed by atoms with Crippen LogP contribution in [0.25, 0.3) is 10.2 Å². The number of nitrogens with one attached hydrogen (secondary N) is 1. The van der Waals surface area contributed by atoms with Gasteiger partial charge in [0, 0.05) is 10.3 Å². The quantitative estimate of drug-likeness (QED) is 0.574. The van der Waals surface area contributed by atoms with Gasteiger partial charge in [-0.05, 0) is 26.3 Å². The number of rotatable bonds is 3. The molecule has 0 amide bonds. The lowest BCUT2D eigenvalue weighted by atomic mass is 10.2. The van der Waals surface area contributed by atoms with Gasteiger partial charge in [0.2, 0.25) is 0 Å². The molecule has 0 saturated carbocycles. The zero-order chi connectivity index (χ0) is 14.3. The number of thiazole rings is 1. The second-order valence-electron chi connectivity index (χ2n) is 4.63. The first-order valence-corrected chi connectivity index (χ1v) is 7.92. The van der Waals surface area contributed by atoms with Crippen LogP contribution in [0.2, 0.25) is 0 Å². The van der Waals surface area contributed by atoms with E-state index in [0.29, 0.717) is 12.2 Å². The van der Waals surface area contributed by atoms with E-state index in [0.717, 1.165) is 26.7 Å². The highest BCUT2D eigenvalue weighted by atomic mass is 32.1. The van der Waals surface area contributed by atoms with Gasteiger partial charge in [0.15, 0.2) is 5.82 Å². The summed E-state index contributed by atoms with van der Waals surface area (Å²) < 4.78 is 0. The molecule has 0 radical (unpaired) electrons. The molecule has 104 valence electrons. The Kier molecular flexibility index (Phi) is 3.41. The van der Waals surface area contributed by atoms with E-state index in [2.05, 4.69) is 34.2 Å². The number of fused-ring (bicyclic) bond motifs is 1.